The number of aromatic nitrogens is 2. The molecular weight excluding hydrogens is 264 g/mol. The average Bonchev–Trinajstić information content (AvgIpc) is 2.38. The minimum atomic E-state index is -0.0775. The summed E-state index contributed by atoms with van der Waals surface area (Å²) in [6.07, 6.45) is 2.18. The molecule has 1 atom stereocenters. The molecular formula is C16H28N4O. The predicted octanol–water partition coefficient (Wildman–Crippen LogP) is 3.19. The van der Waals surface area contributed by atoms with Gasteiger partial charge in [0.15, 0.2) is 0 Å². The van der Waals surface area contributed by atoms with Crippen molar-refractivity contribution < 1.29 is 4.74 Å². The van der Waals surface area contributed by atoms with Gasteiger partial charge in [-0.25, -0.2) is 9.97 Å². The van der Waals surface area contributed by atoms with Gasteiger partial charge in [-0.05, 0) is 26.7 Å². The monoisotopic (exact) mass is 292 g/mol. The first kappa shape index (κ1) is 16.0. The molecule has 0 radical (unpaired) electrons. The van der Waals surface area contributed by atoms with Gasteiger partial charge in [0.1, 0.15) is 17.5 Å². The minimum Gasteiger partial charge on any atom is -0.379 e. The summed E-state index contributed by atoms with van der Waals surface area (Å²) in [6.45, 7) is 13.1. The van der Waals surface area contributed by atoms with E-state index in [1.165, 1.54) is 0 Å². The molecule has 0 aromatic carbocycles. The Balaban J connectivity index is 2.27. The van der Waals surface area contributed by atoms with E-state index < -0.39 is 0 Å². The molecule has 1 aromatic heterocycles. The summed E-state index contributed by atoms with van der Waals surface area (Å²) in [6, 6.07) is 1.98. The molecule has 1 aliphatic heterocycles. The van der Waals surface area contributed by atoms with Crippen LogP contribution in [0.5, 0.6) is 0 Å². The lowest BCUT2D eigenvalue weighted by molar-refractivity contribution is 0.0539. The molecule has 0 saturated carbocycles. The van der Waals surface area contributed by atoms with Crippen LogP contribution in [0.2, 0.25) is 0 Å². The number of nitrogens with one attached hydrogen (secondary N) is 2. The van der Waals surface area contributed by atoms with E-state index >= 15 is 0 Å². The number of hydrogen-bond donors (Lipinski definition) is 2. The first-order chi connectivity index (χ1) is 9.82. The van der Waals surface area contributed by atoms with Gasteiger partial charge in [0, 0.05) is 24.6 Å². The third kappa shape index (κ3) is 4.30. The van der Waals surface area contributed by atoms with E-state index in [0.29, 0.717) is 0 Å². The lowest BCUT2D eigenvalue weighted by Crippen LogP contribution is -2.43. The molecule has 1 unspecified atom stereocenters. The van der Waals surface area contributed by atoms with Crippen molar-refractivity contribution in [2.45, 2.75) is 58.4 Å². The Labute approximate surface area is 127 Å². The largest absolute Gasteiger partial charge is 0.379 e. The average molecular weight is 292 g/mol. The summed E-state index contributed by atoms with van der Waals surface area (Å²) in [7, 11) is 0. The normalized spacial score (nSPS) is 22.9. The zero-order valence-corrected chi connectivity index (χ0v) is 13.9. The zero-order valence-electron chi connectivity index (χ0n) is 13.9. The Kier molecular flexibility index (Phi) is 4.71. The molecule has 5 nitrogen and oxygen atoms in total. The standard InChI is InChI=1S/C16H28N4O/c1-6-17-12-10-13(19-14(18-12)15(2,3)4)20-16(5)8-7-9-21-11-16/h10H,6-9,11H2,1-5H3,(H2,17,18,19,20). The smallest absolute Gasteiger partial charge is 0.138 e. The lowest BCUT2D eigenvalue weighted by atomic mass is 9.94. The Morgan fingerprint density at radius 3 is 2.57 bits per heavy atom. The van der Waals surface area contributed by atoms with Gasteiger partial charge in [-0.15, -0.1) is 0 Å². The Hall–Kier alpha value is -1.36. The highest BCUT2D eigenvalue weighted by molar-refractivity contribution is 5.49. The first-order valence-corrected chi connectivity index (χ1v) is 7.82. The van der Waals surface area contributed by atoms with E-state index in [2.05, 4.69) is 50.2 Å². The molecule has 1 aromatic rings. The van der Waals surface area contributed by atoms with Crippen LogP contribution in [0.1, 0.15) is 53.3 Å². The van der Waals surface area contributed by atoms with Gasteiger partial charge in [0.2, 0.25) is 0 Å². The van der Waals surface area contributed by atoms with Gasteiger partial charge in [-0.1, -0.05) is 20.8 Å². The van der Waals surface area contributed by atoms with E-state index in [1.54, 1.807) is 0 Å². The topological polar surface area (TPSA) is 59.1 Å². The quantitative estimate of drug-likeness (QED) is 0.892. The van der Waals surface area contributed by atoms with E-state index in [4.69, 9.17) is 9.72 Å². The lowest BCUT2D eigenvalue weighted by Gasteiger charge is -2.35. The van der Waals surface area contributed by atoms with Crippen LogP contribution in [0.4, 0.5) is 11.6 Å². The van der Waals surface area contributed by atoms with Crippen molar-refractivity contribution in [1.29, 1.82) is 0 Å². The third-order valence-corrected chi connectivity index (χ3v) is 3.62. The fourth-order valence-electron chi connectivity index (χ4n) is 2.46. The molecule has 2 heterocycles. The SMILES string of the molecule is CCNc1cc(NC2(C)CCCOC2)nc(C(C)(C)C)n1. The Bertz CT molecular complexity index is 476. The highest BCUT2D eigenvalue weighted by Crippen LogP contribution is 2.27. The van der Waals surface area contributed by atoms with E-state index in [-0.39, 0.29) is 11.0 Å². The Morgan fingerprint density at radius 2 is 2.00 bits per heavy atom. The van der Waals surface area contributed by atoms with Crippen molar-refractivity contribution >= 4 is 11.6 Å². The van der Waals surface area contributed by atoms with Crippen molar-refractivity contribution in [3.8, 4) is 0 Å². The van der Waals surface area contributed by atoms with Crippen molar-refractivity contribution in [2.24, 2.45) is 0 Å². The molecule has 118 valence electrons. The summed E-state index contributed by atoms with van der Waals surface area (Å²) in [4.78, 5) is 9.33. The van der Waals surface area contributed by atoms with E-state index in [9.17, 15) is 0 Å². The van der Waals surface area contributed by atoms with Gasteiger partial charge in [-0.2, -0.15) is 0 Å². The second-order valence-corrected chi connectivity index (χ2v) is 7.08. The van der Waals surface area contributed by atoms with Gasteiger partial charge in [0.25, 0.3) is 0 Å². The van der Waals surface area contributed by atoms with Crippen LogP contribution in [-0.2, 0) is 10.2 Å². The van der Waals surface area contributed by atoms with Crippen LogP contribution in [0.25, 0.3) is 0 Å². The molecule has 1 fully saturated rings. The van der Waals surface area contributed by atoms with Crippen molar-refractivity contribution in [2.75, 3.05) is 30.4 Å². The summed E-state index contributed by atoms with van der Waals surface area (Å²) in [5, 5.41) is 6.84. The number of anilines is 2. The molecule has 21 heavy (non-hydrogen) atoms. The maximum Gasteiger partial charge on any atom is 0.138 e. The van der Waals surface area contributed by atoms with Gasteiger partial charge in [-0.3, -0.25) is 0 Å². The highest BCUT2D eigenvalue weighted by atomic mass is 16.5. The summed E-state index contributed by atoms with van der Waals surface area (Å²) >= 11 is 0. The van der Waals surface area contributed by atoms with Crippen LogP contribution in [0.3, 0.4) is 0 Å². The first-order valence-electron chi connectivity index (χ1n) is 7.82. The van der Waals surface area contributed by atoms with Crippen LogP contribution >= 0.6 is 0 Å². The van der Waals surface area contributed by atoms with Crippen molar-refractivity contribution in [1.82, 2.24) is 9.97 Å². The number of nitrogens with zero attached hydrogens (tertiary/aromatic N) is 2. The third-order valence-electron chi connectivity index (χ3n) is 3.62. The van der Waals surface area contributed by atoms with Gasteiger partial charge < -0.3 is 15.4 Å². The summed E-state index contributed by atoms with van der Waals surface area (Å²) in [5.74, 6) is 2.60. The Morgan fingerprint density at radius 1 is 1.29 bits per heavy atom. The maximum absolute atomic E-state index is 5.61. The highest BCUT2D eigenvalue weighted by Gasteiger charge is 2.28. The van der Waals surface area contributed by atoms with Crippen molar-refractivity contribution in [3.63, 3.8) is 0 Å². The van der Waals surface area contributed by atoms with E-state index in [1.807, 2.05) is 6.07 Å². The van der Waals surface area contributed by atoms with E-state index in [0.717, 1.165) is 50.1 Å². The number of ether oxygens (including phenoxy) is 1. The molecule has 1 aliphatic rings. The van der Waals surface area contributed by atoms with Gasteiger partial charge in [0.05, 0.1) is 12.1 Å². The predicted molar refractivity (Wildman–Crippen MR) is 87.0 cm³/mol. The molecule has 0 bridgehead atoms. The van der Waals surface area contributed by atoms with Crippen LogP contribution in [0.15, 0.2) is 6.07 Å². The number of rotatable bonds is 4. The van der Waals surface area contributed by atoms with Crippen LogP contribution < -0.4 is 10.6 Å². The molecule has 0 spiro atoms. The molecule has 0 aliphatic carbocycles. The molecule has 0 amide bonds. The minimum absolute atomic E-state index is 0.0504. The fraction of sp³-hybridized carbons (Fsp3) is 0.750. The van der Waals surface area contributed by atoms with Crippen LogP contribution in [-0.4, -0.2) is 35.3 Å². The van der Waals surface area contributed by atoms with Crippen molar-refractivity contribution in [3.05, 3.63) is 11.9 Å². The second kappa shape index (κ2) is 6.18. The summed E-state index contributed by atoms with van der Waals surface area (Å²) < 4.78 is 5.61. The summed E-state index contributed by atoms with van der Waals surface area (Å²) in [5.41, 5.74) is -0.128. The van der Waals surface area contributed by atoms with Crippen LogP contribution in [0, 0.1) is 0 Å². The molecule has 1 saturated heterocycles. The molecule has 2 rings (SSSR count). The molecule has 5 heteroatoms. The molecule has 2 N–H and O–H groups in total. The zero-order chi connectivity index (χ0) is 15.5. The maximum atomic E-state index is 5.61. The second-order valence-electron chi connectivity index (χ2n) is 7.08. The number of hydrogen-bond acceptors (Lipinski definition) is 5. The van der Waals surface area contributed by atoms with Gasteiger partial charge >= 0.3 is 0 Å². The fourth-order valence-corrected chi connectivity index (χ4v) is 2.46.